The SMILES string of the molecule is COc1cc(C)n(C)c(=O)c1C(=O)C=Cc1cccc(OCC(=O)O)c1. The van der Waals surface area contributed by atoms with Gasteiger partial charge in [-0.05, 0) is 30.7 Å². The van der Waals surface area contributed by atoms with Crippen molar-refractivity contribution in [2.75, 3.05) is 13.7 Å². The molecule has 0 aliphatic rings. The molecule has 7 heteroatoms. The van der Waals surface area contributed by atoms with Crippen molar-refractivity contribution in [1.29, 1.82) is 0 Å². The van der Waals surface area contributed by atoms with Crippen LogP contribution in [0.5, 0.6) is 11.5 Å². The highest BCUT2D eigenvalue weighted by atomic mass is 16.5. The highest BCUT2D eigenvalue weighted by molar-refractivity contribution is 6.08. The van der Waals surface area contributed by atoms with Crippen LogP contribution in [0.2, 0.25) is 0 Å². The van der Waals surface area contributed by atoms with Gasteiger partial charge in [0, 0.05) is 18.8 Å². The van der Waals surface area contributed by atoms with E-state index in [1.165, 1.54) is 23.8 Å². The molecule has 136 valence electrons. The second-order valence-corrected chi connectivity index (χ2v) is 5.55. The van der Waals surface area contributed by atoms with E-state index in [1.807, 2.05) is 0 Å². The maximum absolute atomic E-state index is 12.5. The Hall–Kier alpha value is -3.35. The molecule has 7 nitrogen and oxygen atoms in total. The van der Waals surface area contributed by atoms with Gasteiger partial charge in [0.1, 0.15) is 17.1 Å². The average Bonchev–Trinajstić information content (AvgIpc) is 2.62. The number of aliphatic carboxylic acids is 1. The molecular formula is C19H19NO6. The fraction of sp³-hybridized carbons (Fsp3) is 0.211. The zero-order valence-electron chi connectivity index (χ0n) is 14.7. The standard InChI is InChI=1S/C19H19NO6/c1-12-9-16(25-3)18(19(24)20(12)2)15(21)8-7-13-5-4-6-14(10-13)26-11-17(22)23/h4-10H,11H2,1-3H3,(H,22,23). The molecule has 1 aromatic heterocycles. The lowest BCUT2D eigenvalue weighted by Crippen LogP contribution is -2.26. The number of hydrogen-bond acceptors (Lipinski definition) is 5. The van der Waals surface area contributed by atoms with Gasteiger partial charge in [0.25, 0.3) is 5.56 Å². The van der Waals surface area contributed by atoms with Crippen LogP contribution in [0.1, 0.15) is 21.6 Å². The molecule has 2 aromatic rings. The molecule has 0 amide bonds. The number of allylic oxidation sites excluding steroid dienone is 1. The summed E-state index contributed by atoms with van der Waals surface area (Å²) in [5, 5.41) is 8.64. The molecular weight excluding hydrogens is 338 g/mol. The molecule has 0 fully saturated rings. The molecule has 0 saturated carbocycles. The second-order valence-electron chi connectivity index (χ2n) is 5.55. The molecule has 0 bridgehead atoms. The average molecular weight is 357 g/mol. The summed E-state index contributed by atoms with van der Waals surface area (Å²) in [4.78, 5) is 35.4. The number of ketones is 1. The lowest BCUT2D eigenvalue weighted by Gasteiger charge is -2.10. The predicted molar refractivity (Wildman–Crippen MR) is 95.9 cm³/mol. The van der Waals surface area contributed by atoms with Gasteiger partial charge in [0.15, 0.2) is 12.4 Å². The van der Waals surface area contributed by atoms with Crippen LogP contribution in [0.15, 0.2) is 41.2 Å². The number of nitrogens with zero attached hydrogens (tertiary/aromatic N) is 1. The summed E-state index contributed by atoms with van der Waals surface area (Å²) in [6.07, 6.45) is 2.79. The van der Waals surface area contributed by atoms with Crippen LogP contribution in [0.3, 0.4) is 0 Å². The third-order valence-corrected chi connectivity index (χ3v) is 3.75. The van der Waals surface area contributed by atoms with E-state index >= 15 is 0 Å². The van der Waals surface area contributed by atoms with Crippen molar-refractivity contribution in [3.63, 3.8) is 0 Å². The van der Waals surface area contributed by atoms with E-state index in [4.69, 9.17) is 14.6 Å². The number of ether oxygens (including phenoxy) is 2. The van der Waals surface area contributed by atoms with Crippen molar-refractivity contribution in [1.82, 2.24) is 4.57 Å². The number of carboxylic acids is 1. The van der Waals surface area contributed by atoms with E-state index in [9.17, 15) is 14.4 Å². The van der Waals surface area contributed by atoms with Crippen LogP contribution < -0.4 is 15.0 Å². The van der Waals surface area contributed by atoms with E-state index in [0.29, 0.717) is 17.0 Å². The Morgan fingerprint density at radius 2 is 2.00 bits per heavy atom. The van der Waals surface area contributed by atoms with Crippen LogP contribution >= 0.6 is 0 Å². The summed E-state index contributed by atoms with van der Waals surface area (Å²) in [5.74, 6) is -0.979. The van der Waals surface area contributed by atoms with E-state index in [0.717, 1.165) is 0 Å². The number of carbonyl (C=O) groups excluding carboxylic acids is 1. The molecule has 0 aliphatic heterocycles. The van der Waals surface area contributed by atoms with Crippen LogP contribution in [-0.2, 0) is 11.8 Å². The molecule has 1 N–H and O–H groups in total. The highest BCUT2D eigenvalue weighted by Gasteiger charge is 2.17. The smallest absolute Gasteiger partial charge is 0.341 e. The van der Waals surface area contributed by atoms with Crippen molar-refractivity contribution >= 4 is 17.8 Å². The van der Waals surface area contributed by atoms with Crippen LogP contribution in [-0.4, -0.2) is 35.1 Å². The largest absolute Gasteiger partial charge is 0.496 e. The monoisotopic (exact) mass is 357 g/mol. The molecule has 0 aliphatic carbocycles. The summed E-state index contributed by atoms with van der Waals surface area (Å²) >= 11 is 0. The Kier molecular flexibility index (Phi) is 5.95. The Morgan fingerprint density at radius 3 is 2.65 bits per heavy atom. The van der Waals surface area contributed by atoms with Gasteiger partial charge in [0.05, 0.1) is 7.11 Å². The van der Waals surface area contributed by atoms with Gasteiger partial charge in [-0.15, -0.1) is 0 Å². The summed E-state index contributed by atoms with van der Waals surface area (Å²) in [6, 6.07) is 8.23. The zero-order chi connectivity index (χ0) is 19.3. The highest BCUT2D eigenvalue weighted by Crippen LogP contribution is 2.18. The number of benzene rings is 1. The van der Waals surface area contributed by atoms with E-state index < -0.39 is 23.9 Å². The number of hydrogen-bond donors (Lipinski definition) is 1. The molecule has 0 unspecified atom stereocenters. The number of rotatable bonds is 7. The summed E-state index contributed by atoms with van der Waals surface area (Å²) in [5.41, 5.74) is 0.824. The molecule has 26 heavy (non-hydrogen) atoms. The van der Waals surface area contributed by atoms with Gasteiger partial charge >= 0.3 is 5.97 Å². The van der Waals surface area contributed by atoms with Crippen molar-refractivity contribution in [2.24, 2.45) is 7.05 Å². The maximum atomic E-state index is 12.5. The van der Waals surface area contributed by atoms with Crippen molar-refractivity contribution < 1.29 is 24.2 Å². The quantitative estimate of drug-likeness (QED) is 0.602. The second kappa shape index (κ2) is 8.15. The van der Waals surface area contributed by atoms with E-state index in [-0.39, 0.29) is 11.3 Å². The van der Waals surface area contributed by atoms with Crippen molar-refractivity contribution in [2.45, 2.75) is 6.92 Å². The first-order valence-electron chi connectivity index (χ1n) is 7.75. The molecule has 0 saturated heterocycles. The van der Waals surface area contributed by atoms with Gasteiger partial charge < -0.3 is 19.1 Å². The van der Waals surface area contributed by atoms with Gasteiger partial charge in [-0.25, -0.2) is 4.79 Å². The van der Waals surface area contributed by atoms with Gasteiger partial charge in [-0.3, -0.25) is 9.59 Å². The lowest BCUT2D eigenvalue weighted by atomic mass is 10.1. The third-order valence-electron chi connectivity index (χ3n) is 3.75. The number of carboxylic acid groups (broad SMARTS) is 1. The fourth-order valence-corrected chi connectivity index (χ4v) is 2.29. The first-order chi connectivity index (χ1) is 12.3. The lowest BCUT2D eigenvalue weighted by molar-refractivity contribution is -0.139. The molecule has 1 heterocycles. The Balaban J connectivity index is 2.28. The third kappa shape index (κ3) is 4.38. The first kappa shape index (κ1) is 19.0. The normalized spacial score (nSPS) is 10.7. The van der Waals surface area contributed by atoms with E-state index in [2.05, 4.69) is 0 Å². The summed E-state index contributed by atoms with van der Waals surface area (Å²) in [7, 11) is 2.98. The molecule has 0 spiro atoms. The predicted octanol–water partition coefficient (Wildman–Crippen LogP) is 2.06. The molecule has 1 aromatic carbocycles. The number of pyridine rings is 1. The molecule has 0 atom stereocenters. The minimum atomic E-state index is -1.08. The Labute approximate surface area is 150 Å². The summed E-state index contributed by atoms with van der Waals surface area (Å²) < 4.78 is 11.6. The van der Waals surface area contributed by atoms with Gasteiger partial charge in [-0.2, -0.15) is 0 Å². The van der Waals surface area contributed by atoms with Crippen molar-refractivity contribution in [3.05, 3.63) is 63.6 Å². The minimum Gasteiger partial charge on any atom is -0.496 e. The number of aromatic nitrogens is 1. The Morgan fingerprint density at radius 1 is 1.27 bits per heavy atom. The van der Waals surface area contributed by atoms with Crippen LogP contribution in [0.25, 0.3) is 6.08 Å². The van der Waals surface area contributed by atoms with Crippen molar-refractivity contribution in [3.8, 4) is 11.5 Å². The van der Waals surface area contributed by atoms with E-state index in [1.54, 1.807) is 44.3 Å². The minimum absolute atomic E-state index is 0.0462. The number of aryl methyl sites for hydroxylation is 1. The zero-order valence-corrected chi connectivity index (χ0v) is 14.7. The molecule has 2 rings (SSSR count). The van der Waals surface area contributed by atoms with Gasteiger partial charge in [-0.1, -0.05) is 18.2 Å². The maximum Gasteiger partial charge on any atom is 0.341 e. The fourth-order valence-electron chi connectivity index (χ4n) is 2.29. The number of carbonyl (C=O) groups is 2. The first-order valence-corrected chi connectivity index (χ1v) is 7.75. The molecule has 0 radical (unpaired) electrons. The number of methoxy groups -OCH3 is 1. The van der Waals surface area contributed by atoms with Gasteiger partial charge in [0.2, 0.25) is 0 Å². The Bertz CT molecular complexity index is 926. The summed E-state index contributed by atoms with van der Waals surface area (Å²) in [6.45, 7) is 1.29. The topological polar surface area (TPSA) is 94.8 Å². The van der Waals surface area contributed by atoms with Crippen LogP contribution in [0, 0.1) is 6.92 Å². The van der Waals surface area contributed by atoms with Crippen LogP contribution in [0.4, 0.5) is 0 Å².